The number of rotatable bonds is 5. The molecule has 3 rings (SSSR count). The average molecular weight is 327 g/mol. The second kappa shape index (κ2) is 6.57. The largest absolute Gasteiger partial charge is 0.493 e. The first-order chi connectivity index (χ1) is 11.6. The van der Waals surface area contributed by atoms with Crippen molar-refractivity contribution in [3.05, 3.63) is 47.4 Å². The Morgan fingerprint density at radius 3 is 2.71 bits per heavy atom. The molecule has 2 heterocycles. The molecule has 0 aliphatic rings. The number of benzene rings is 1. The molecule has 0 aliphatic carbocycles. The van der Waals surface area contributed by atoms with E-state index >= 15 is 0 Å². The number of ether oxygens (including phenoxy) is 1. The molecule has 7 nitrogen and oxygen atoms in total. The van der Waals surface area contributed by atoms with Crippen molar-refractivity contribution in [3.63, 3.8) is 0 Å². The molecular formula is C17H17N3O4. The van der Waals surface area contributed by atoms with E-state index in [1.165, 1.54) is 0 Å². The SMILES string of the molecule is CCOc1ccccc1C(=O)Nc1nnc(-c2cc(C)oc2C)o1. The molecule has 1 N–H and O–H groups in total. The van der Waals surface area contributed by atoms with Gasteiger partial charge >= 0.3 is 6.01 Å². The Labute approximate surface area is 138 Å². The molecule has 0 spiro atoms. The van der Waals surface area contributed by atoms with Crippen molar-refractivity contribution in [1.82, 2.24) is 10.2 Å². The van der Waals surface area contributed by atoms with E-state index < -0.39 is 0 Å². The van der Waals surface area contributed by atoms with Crippen molar-refractivity contribution < 1.29 is 18.4 Å². The molecule has 0 saturated heterocycles. The standard InChI is InChI=1S/C17H17N3O4/c1-4-22-14-8-6-5-7-12(14)15(21)18-17-20-19-16(24-17)13-9-10(2)23-11(13)3/h5-9H,4H2,1-3H3,(H,18,20,21). The number of aromatic nitrogens is 2. The number of aryl methyl sites for hydroxylation is 2. The lowest BCUT2D eigenvalue weighted by Crippen LogP contribution is -2.13. The smallest absolute Gasteiger partial charge is 0.322 e. The number of para-hydroxylation sites is 1. The number of carbonyl (C=O) groups excluding carboxylic acids is 1. The molecule has 0 bridgehead atoms. The summed E-state index contributed by atoms with van der Waals surface area (Å²) < 4.78 is 16.4. The Hall–Kier alpha value is -3.09. The van der Waals surface area contributed by atoms with E-state index in [1.807, 2.05) is 20.8 Å². The van der Waals surface area contributed by atoms with Crippen LogP contribution in [-0.4, -0.2) is 22.7 Å². The van der Waals surface area contributed by atoms with Gasteiger partial charge in [0.15, 0.2) is 0 Å². The maximum atomic E-state index is 12.4. The topological polar surface area (TPSA) is 90.4 Å². The third kappa shape index (κ3) is 3.15. The molecular weight excluding hydrogens is 310 g/mol. The van der Waals surface area contributed by atoms with Crippen LogP contribution in [0.1, 0.15) is 28.8 Å². The third-order valence-electron chi connectivity index (χ3n) is 3.35. The van der Waals surface area contributed by atoms with Gasteiger partial charge in [-0.05, 0) is 39.0 Å². The summed E-state index contributed by atoms with van der Waals surface area (Å²) in [5.41, 5.74) is 1.10. The van der Waals surface area contributed by atoms with Gasteiger partial charge in [0.2, 0.25) is 0 Å². The second-order valence-corrected chi connectivity index (χ2v) is 5.12. The summed E-state index contributed by atoms with van der Waals surface area (Å²) in [6.07, 6.45) is 0. The van der Waals surface area contributed by atoms with Crippen LogP contribution in [0.25, 0.3) is 11.5 Å². The van der Waals surface area contributed by atoms with Gasteiger partial charge in [0.1, 0.15) is 17.3 Å². The molecule has 0 saturated carbocycles. The minimum Gasteiger partial charge on any atom is -0.493 e. The van der Waals surface area contributed by atoms with Gasteiger partial charge in [0, 0.05) is 0 Å². The molecule has 3 aromatic rings. The number of hydrogen-bond acceptors (Lipinski definition) is 6. The third-order valence-corrected chi connectivity index (χ3v) is 3.35. The number of anilines is 1. The van der Waals surface area contributed by atoms with Crippen molar-refractivity contribution in [2.45, 2.75) is 20.8 Å². The summed E-state index contributed by atoms with van der Waals surface area (Å²) in [5, 5.41) is 10.4. The first-order valence-corrected chi connectivity index (χ1v) is 7.52. The highest BCUT2D eigenvalue weighted by Crippen LogP contribution is 2.27. The van der Waals surface area contributed by atoms with Gasteiger partial charge in [-0.25, -0.2) is 0 Å². The highest BCUT2D eigenvalue weighted by Gasteiger charge is 2.18. The molecule has 24 heavy (non-hydrogen) atoms. The van der Waals surface area contributed by atoms with Crippen molar-refractivity contribution in [2.75, 3.05) is 11.9 Å². The fourth-order valence-electron chi connectivity index (χ4n) is 2.33. The summed E-state index contributed by atoms with van der Waals surface area (Å²) in [6.45, 7) is 5.96. The molecule has 0 fully saturated rings. The van der Waals surface area contributed by atoms with Gasteiger partial charge in [-0.15, -0.1) is 5.10 Å². The Morgan fingerprint density at radius 2 is 2.00 bits per heavy atom. The van der Waals surface area contributed by atoms with E-state index in [0.29, 0.717) is 29.2 Å². The van der Waals surface area contributed by atoms with Crippen molar-refractivity contribution in [2.24, 2.45) is 0 Å². The Bertz CT molecular complexity index is 866. The number of furan rings is 1. The molecule has 1 aromatic carbocycles. The molecule has 2 aromatic heterocycles. The summed E-state index contributed by atoms with van der Waals surface area (Å²) in [5.74, 6) is 1.83. The van der Waals surface area contributed by atoms with Crippen LogP contribution in [0.5, 0.6) is 5.75 Å². The van der Waals surface area contributed by atoms with Crippen LogP contribution in [0.3, 0.4) is 0 Å². The lowest BCUT2D eigenvalue weighted by atomic mass is 10.2. The molecule has 0 radical (unpaired) electrons. The van der Waals surface area contributed by atoms with Gasteiger partial charge in [-0.1, -0.05) is 17.2 Å². The lowest BCUT2D eigenvalue weighted by molar-refractivity contribution is 0.102. The zero-order valence-corrected chi connectivity index (χ0v) is 13.6. The van der Waals surface area contributed by atoms with Gasteiger partial charge < -0.3 is 13.6 Å². The highest BCUT2D eigenvalue weighted by molar-refractivity contribution is 6.05. The Balaban J connectivity index is 1.80. The first kappa shape index (κ1) is 15.8. The zero-order valence-electron chi connectivity index (χ0n) is 13.6. The van der Waals surface area contributed by atoms with E-state index in [4.69, 9.17) is 13.6 Å². The summed E-state index contributed by atoms with van der Waals surface area (Å²) in [6, 6.07) is 8.78. The fraction of sp³-hybridized carbons (Fsp3) is 0.235. The van der Waals surface area contributed by atoms with Gasteiger partial charge in [-0.3, -0.25) is 10.1 Å². The monoisotopic (exact) mass is 327 g/mol. The Morgan fingerprint density at radius 1 is 1.21 bits per heavy atom. The minimum atomic E-state index is -0.380. The van der Waals surface area contributed by atoms with Crippen LogP contribution in [0.2, 0.25) is 0 Å². The number of carbonyl (C=O) groups is 1. The van der Waals surface area contributed by atoms with Crippen molar-refractivity contribution in [3.8, 4) is 17.2 Å². The van der Waals surface area contributed by atoms with Crippen LogP contribution in [0.4, 0.5) is 6.01 Å². The zero-order chi connectivity index (χ0) is 17.1. The molecule has 1 amide bonds. The normalized spacial score (nSPS) is 10.6. The summed E-state index contributed by atoms with van der Waals surface area (Å²) in [4.78, 5) is 12.4. The fourth-order valence-corrected chi connectivity index (χ4v) is 2.33. The van der Waals surface area contributed by atoms with Crippen LogP contribution in [-0.2, 0) is 0 Å². The second-order valence-electron chi connectivity index (χ2n) is 5.12. The van der Waals surface area contributed by atoms with Crippen LogP contribution in [0, 0.1) is 13.8 Å². The predicted molar refractivity (Wildman–Crippen MR) is 87.0 cm³/mol. The Kier molecular flexibility index (Phi) is 4.33. The van der Waals surface area contributed by atoms with Crippen LogP contribution < -0.4 is 10.1 Å². The number of nitrogens with one attached hydrogen (secondary N) is 1. The van der Waals surface area contributed by atoms with Crippen molar-refractivity contribution >= 4 is 11.9 Å². The van der Waals surface area contributed by atoms with E-state index in [9.17, 15) is 4.79 Å². The van der Waals surface area contributed by atoms with Gasteiger partial charge in [0.25, 0.3) is 11.8 Å². The van der Waals surface area contributed by atoms with E-state index in [2.05, 4.69) is 15.5 Å². The van der Waals surface area contributed by atoms with Gasteiger partial charge in [0.05, 0.1) is 17.7 Å². The maximum Gasteiger partial charge on any atom is 0.322 e. The average Bonchev–Trinajstić information content (AvgIpc) is 3.14. The van der Waals surface area contributed by atoms with Crippen LogP contribution in [0.15, 0.2) is 39.2 Å². The molecule has 7 heteroatoms. The molecule has 0 unspecified atom stereocenters. The molecule has 0 aliphatic heterocycles. The van der Waals surface area contributed by atoms with Crippen molar-refractivity contribution in [1.29, 1.82) is 0 Å². The summed E-state index contributed by atoms with van der Waals surface area (Å²) >= 11 is 0. The maximum absolute atomic E-state index is 12.4. The minimum absolute atomic E-state index is 0.0135. The predicted octanol–water partition coefficient (Wildman–Crippen LogP) is 3.60. The van der Waals surface area contributed by atoms with E-state index in [1.54, 1.807) is 30.3 Å². The van der Waals surface area contributed by atoms with Gasteiger partial charge in [-0.2, -0.15) is 0 Å². The molecule has 0 atom stereocenters. The highest BCUT2D eigenvalue weighted by atomic mass is 16.5. The number of amides is 1. The number of nitrogens with zero attached hydrogens (tertiary/aromatic N) is 2. The lowest BCUT2D eigenvalue weighted by Gasteiger charge is -2.08. The first-order valence-electron chi connectivity index (χ1n) is 7.52. The van der Waals surface area contributed by atoms with E-state index in [0.717, 1.165) is 5.76 Å². The number of hydrogen-bond donors (Lipinski definition) is 1. The molecule has 124 valence electrons. The van der Waals surface area contributed by atoms with Crippen LogP contribution >= 0.6 is 0 Å². The summed E-state index contributed by atoms with van der Waals surface area (Å²) in [7, 11) is 0. The van der Waals surface area contributed by atoms with E-state index in [-0.39, 0.29) is 17.8 Å². The quantitative estimate of drug-likeness (QED) is 0.770.